The summed E-state index contributed by atoms with van der Waals surface area (Å²) in [6.07, 6.45) is 0. The first kappa shape index (κ1) is 11.6. The molecule has 72 valence electrons. The van der Waals surface area contributed by atoms with Crippen LogP contribution in [-0.4, -0.2) is 5.84 Å². The SMILES string of the molecule is CC(=N)NCc1cccc(C)c1.N. The van der Waals surface area contributed by atoms with Gasteiger partial charge in [0.05, 0.1) is 5.84 Å². The molecule has 0 unspecified atom stereocenters. The predicted octanol–water partition coefficient (Wildman–Crippen LogP) is 2.24. The monoisotopic (exact) mass is 179 g/mol. The van der Waals surface area contributed by atoms with Crippen LogP contribution in [0.5, 0.6) is 0 Å². The molecule has 0 saturated heterocycles. The highest BCUT2D eigenvalue weighted by atomic mass is 14.9. The third-order valence-corrected chi connectivity index (χ3v) is 1.64. The van der Waals surface area contributed by atoms with Crippen LogP contribution in [0.25, 0.3) is 0 Å². The summed E-state index contributed by atoms with van der Waals surface area (Å²) < 4.78 is 0. The van der Waals surface area contributed by atoms with Gasteiger partial charge in [-0.25, -0.2) is 0 Å². The minimum Gasteiger partial charge on any atom is -0.370 e. The van der Waals surface area contributed by atoms with Crippen LogP contribution in [0, 0.1) is 12.3 Å². The van der Waals surface area contributed by atoms with Gasteiger partial charge >= 0.3 is 0 Å². The van der Waals surface area contributed by atoms with Gasteiger partial charge in [-0.2, -0.15) is 0 Å². The summed E-state index contributed by atoms with van der Waals surface area (Å²) in [6, 6.07) is 8.28. The Morgan fingerprint density at radius 1 is 1.46 bits per heavy atom. The average Bonchev–Trinajstić information content (AvgIpc) is 2.01. The highest BCUT2D eigenvalue weighted by molar-refractivity contribution is 5.75. The van der Waals surface area contributed by atoms with E-state index in [1.165, 1.54) is 11.1 Å². The topological polar surface area (TPSA) is 70.9 Å². The summed E-state index contributed by atoms with van der Waals surface area (Å²) in [5.41, 5.74) is 2.48. The average molecular weight is 179 g/mol. The van der Waals surface area contributed by atoms with Gasteiger partial charge < -0.3 is 11.5 Å². The van der Waals surface area contributed by atoms with E-state index in [0.717, 1.165) is 6.54 Å². The van der Waals surface area contributed by atoms with E-state index in [1.54, 1.807) is 6.92 Å². The Hall–Kier alpha value is -1.35. The molecule has 0 atom stereocenters. The molecule has 5 N–H and O–H groups in total. The van der Waals surface area contributed by atoms with Crippen molar-refractivity contribution in [1.82, 2.24) is 11.5 Å². The zero-order chi connectivity index (χ0) is 8.97. The molecule has 1 rings (SSSR count). The lowest BCUT2D eigenvalue weighted by molar-refractivity contribution is 0.901. The van der Waals surface area contributed by atoms with Crippen LogP contribution in [0.1, 0.15) is 18.1 Å². The van der Waals surface area contributed by atoms with Crippen LogP contribution >= 0.6 is 0 Å². The molecule has 3 heteroatoms. The van der Waals surface area contributed by atoms with Gasteiger partial charge in [0.15, 0.2) is 0 Å². The highest BCUT2D eigenvalue weighted by Gasteiger charge is 1.91. The summed E-state index contributed by atoms with van der Waals surface area (Å²) >= 11 is 0. The normalized spacial score (nSPS) is 8.77. The molecule has 3 nitrogen and oxygen atoms in total. The first-order valence-corrected chi connectivity index (χ1v) is 4.03. The zero-order valence-corrected chi connectivity index (χ0v) is 8.22. The van der Waals surface area contributed by atoms with Crippen molar-refractivity contribution >= 4 is 5.84 Å². The van der Waals surface area contributed by atoms with Crippen LogP contribution in [-0.2, 0) is 6.54 Å². The van der Waals surface area contributed by atoms with Crippen molar-refractivity contribution in [2.75, 3.05) is 0 Å². The van der Waals surface area contributed by atoms with Crippen LogP contribution in [0.15, 0.2) is 24.3 Å². The summed E-state index contributed by atoms with van der Waals surface area (Å²) in [7, 11) is 0. The largest absolute Gasteiger partial charge is 0.370 e. The second-order valence-corrected chi connectivity index (χ2v) is 2.97. The number of benzene rings is 1. The van der Waals surface area contributed by atoms with E-state index in [2.05, 4.69) is 30.4 Å². The minimum absolute atomic E-state index is 0. The van der Waals surface area contributed by atoms with E-state index in [-0.39, 0.29) is 6.15 Å². The number of nitrogens with one attached hydrogen (secondary N) is 2. The fraction of sp³-hybridized carbons (Fsp3) is 0.300. The molecule has 13 heavy (non-hydrogen) atoms. The Morgan fingerprint density at radius 3 is 2.69 bits per heavy atom. The zero-order valence-electron chi connectivity index (χ0n) is 8.22. The van der Waals surface area contributed by atoms with Crippen molar-refractivity contribution in [2.24, 2.45) is 0 Å². The maximum atomic E-state index is 7.19. The first-order valence-electron chi connectivity index (χ1n) is 4.03. The summed E-state index contributed by atoms with van der Waals surface area (Å²) in [5.74, 6) is 0.511. The molecule has 0 saturated carbocycles. The van der Waals surface area contributed by atoms with E-state index in [4.69, 9.17) is 5.41 Å². The Bertz CT molecular complexity index is 281. The molecule has 1 aromatic rings. The number of rotatable bonds is 2. The van der Waals surface area contributed by atoms with Crippen molar-refractivity contribution in [3.8, 4) is 0 Å². The van der Waals surface area contributed by atoms with Crippen LogP contribution in [0.4, 0.5) is 0 Å². The van der Waals surface area contributed by atoms with E-state index >= 15 is 0 Å². The lowest BCUT2D eigenvalue weighted by Crippen LogP contribution is -2.18. The van der Waals surface area contributed by atoms with Crippen LogP contribution in [0.2, 0.25) is 0 Å². The molecule has 0 aliphatic rings. The van der Waals surface area contributed by atoms with Crippen LogP contribution < -0.4 is 11.5 Å². The number of aryl methyl sites for hydroxylation is 1. The predicted molar refractivity (Wildman–Crippen MR) is 56.4 cm³/mol. The van der Waals surface area contributed by atoms with E-state index in [9.17, 15) is 0 Å². The highest BCUT2D eigenvalue weighted by Crippen LogP contribution is 2.02. The Labute approximate surface area is 79.3 Å². The molecule has 0 amide bonds. The van der Waals surface area contributed by atoms with E-state index in [1.807, 2.05) is 6.07 Å². The molecule has 0 aromatic heterocycles. The fourth-order valence-corrected chi connectivity index (χ4v) is 1.06. The number of amidine groups is 1. The van der Waals surface area contributed by atoms with E-state index in [0.29, 0.717) is 5.84 Å². The number of hydrogen-bond acceptors (Lipinski definition) is 2. The van der Waals surface area contributed by atoms with Gasteiger partial charge in [0.25, 0.3) is 0 Å². The van der Waals surface area contributed by atoms with Gasteiger partial charge in [-0.05, 0) is 19.4 Å². The third-order valence-electron chi connectivity index (χ3n) is 1.64. The van der Waals surface area contributed by atoms with Gasteiger partial charge in [-0.1, -0.05) is 29.8 Å². The summed E-state index contributed by atoms with van der Waals surface area (Å²) in [5, 5.41) is 10.2. The molecular formula is C10H17N3. The molecule has 1 aromatic carbocycles. The molecule has 0 aliphatic heterocycles. The standard InChI is InChI=1S/C10H14N2.H3N/c1-8-4-3-5-10(6-8)7-12-9(2)11;/h3-6H,7H2,1-2H3,(H2,11,12);1H3. The molecule has 0 spiro atoms. The van der Waals surface area contributed by atoms with Crippen LogP contribution in [0.3, 0.4) is 0 Å². The number of hydrogen-bond donors (Lipinski definition) is 3. The van der Waals surface area contributed by atoms with Crippen molar-refractivity contribution in [2.45, 2.75) is 20.4 Å². The first-order chi connectivity index (χ1) is 5.68. The smallest absolute Gasteiger partial charge is 0.0902 e. The Kier molecular flexibility index (Phi) is 4.77. The van der Waals surface area contributed by atoms with Gasteiger partial charge in [-0.3, -0.25) is 5.41 Å². The van der Waals surface area contributed by atoms with Crippen molar-refractivity contribution in [3.63, 3.8) is 0 Å². The van der Waals surface area contributed by atoms with Gasteiger partial charge in [-0.15, -0.1) is 0 Å². The van der Waals surface area contributed by atoms with E-state index < -0.39 is 0 Å². The van der Waals surface area contributed by atoms with Gasteiger partial charge in [0.2, 0.25) is 0 Å². The van der Waals surface area contributed by atoms with Crippen molar-refractivity contribution in [3.05, 3.63) is 35.4 Å². The Morgan fingerprint density at radius 2 is 2.15 bits per heavy atom. The second-order valence-electron chi connectivity index (χ2n) is 2.97. The second kappa shape index (κ2) is 5.32. The maximum Gasteiger partial charge on any atom is 0.0902 e. The lowest BCUT2D eigenvalue weighted by Gasteiger charge is -2.04. The fourth-order valence-electron chi connectivity index (χ4n) is 1.06. The Balaban J connectivity index is 0.00000144. The van der Waals surface area contributed by atoms with Crippen molar-refractivity contribution in [1.29, 1.82) is 5.41 Å². The third kappa shape index (κ3) is 4.28. The van der Waals surface area contributed by atoms with Gasteiger partial charge in [0, 0.05) is 6.54 Å². The summed E-state index contributed by atoms with van der Waals surface area (Å²) in [4.78, 5) is 0. The van der Waals surface area contributed by atoms with Crippen molar-refractivity contribution < 1.29 is 0 Å². The quantitative estimate of drug-likeness (QED) is 0.481. The molecule has 0 aliphatic carbocycles. The lowest BCUT2D eigenvalue weighted by atomic mass is 10.1. The minimum atomic E-state index is 0. The molecule has 0 heterocycles. The summed E-state index contributed by atoms with van der Waals surface area (Å²) in [6.45, 7) is 4.56. The molecule has 0 radical (unpaired) electrons. The molecule has 0 bridgehead atoms. The molecular weight excluding hydrogens is 162 g/mol. The molecule has 0 fully saturated rings. The maximum absolute atomic E-state index is 7.19. The van der Waals surface area contributed by atoms with Gasteiger partial charge in [0.1, 0.15) is 0 Å².